The SMILES string of the molecule is CCNC(c1c(C)oc(C)c1C)c1c(Br)cnn1C. The summed E-state index contributed by atoms with van der Waals surface area (Å²) in [5.41, 5.74) is 3.54. The summed E-state index contributed by atoms with van der Waals surface area (Å²) in [6.45, 7) is 9.12. The summed E-state index contributed by atoms with van der Waals surface area (Å²) in [5, 5.41) is 7.84. The molecule has 1 unspecified atom stereocenters. The third-order valence-electron chi connectivity index (χ3n) is 3.53. The van der Waals surface area contributed by atoms with Crippen LogP contribution in [0.4, 0.5) is 0 Å². The smallest absolute Gasteiger partial charge is 0.106 e. The van der Waals surface area contributed by atoms with Crippen LogP contribution in [0.15, 0.2) is 15.1 Å². The Hall–Kier alpha value is -1.07. The summed E-state index contributed by atoms with van der Waals surface area (Å²) in [6, 6.07) is 0.0873. The average molecular weight is 326 g/mol. The minimum atomic E-state index is 0.0873. The highest BCUT2D eigenvalue weighted by Gasteiger charge is 2.26. The lowest BCUT2D eigenvalue weighted by molar-refractivity contribution is 0.490. The van der Waals surface area contributed by atoms with Crippen molar-refractivity contribution in [3.05, 3.63) is 39.0 Å². The van der Waals surface area contributed by atoms with Crippen LogP contribution in [-0.2, 0) is 7.05 Å². The van der Waals surface area contributed by atoms with Crippen LogP contribution >= 0.6 is 15.9 Å². The van der Waals surface area contributed by atoms with E-state index < -0.39 is 0 Å². The van der Waals surface area contributed by atoms with Gasteiger partial charge in [0, 0.05) is 12.6 Å². The zero-order valence-corrected chi connectivity index (χ0v) is 13.6. The first-order chi connectivity index (χ1) is 8.97. The second-order valence-corrected chi connectivity index (χ2v) is 5.60. The van der Waals surface area contributed by atoms with Crippen LogP contribution in [-0.4, -0.2) is 16.3 Å². The maximum Gasteiger partial charge on any atom is 0.106 e. The molecule has 0 saturated heterocycles. The zero-order valence-electron chi connectivity index (χ0n) is 12.0. The van der Waals surface area contributed by atoms with Gasteiger partial charge in [0.05, 0.1) is 22.4 Å². The van der Waals surface area contributed by atoms with Crippen molar-refractivity contribution >= 4 is 15.9 Å². The van der Waals surface area contributed by atoms with Crippen LogP contribution in [0.3, 0.4) is 0 Å². The van der Waals surface area contributed by atoms with Crippen LogP contribution < -0.4 is 5.32 Å². The van der Waals surface area contributed by atoms with Crippen molar-refractivity contribution in [2.45, 2.75) is 33.7 Å². The van der Waals surface area contributed by atoms with E-state index in [9.17, 15) is 0 Å². The molecule has 1 atom stereocenters. The van der Waals surface area contributed by atoms with Crippen molar-refractivity contribution in [3.8, 4) is 0 Å². The first-order valence-electron chi connectivity index (χ1n) is 6.44. The third-order valence-corrected chi connectivity index (χ3v) is 4.14. The van der Waals surface area contributed by atoms with Gasteiger partial charge in [0.1, 0.15) is 11.5 Å². The fourth-order valence-electron chi connectivity index (χ4n) is 2.52. The molecule has 4 nitrogen and oxygen atoms in total. The van der Waals surface area contributed by atoms with Crippen molar-refractivity contribution < 1.29 is 4.42 Å². The zero-order chi connectivity index (χ0) is 14.2. The van der Waals surface area contributed by atoms with E-state index in [0.717, 1.165) is 28.2 Å². The molecule has 0 fully saturated rings. The molecule has 5 heteroatoms. The minimum absolute atomic E-state index is 0.0873. The minimum Gasteiger partial charge on any atom is -0.466 e. The van der Waals surface area contributed by atoms with E-state index in [-0.39, 0.29) is 6.04 Å². The molecule has 104 valence electrons. The van der Waals surface area contributed by atoms with E-state index >= 15 is 0 Å². The number of aromatic nitrogens is 2. The predicted molar refractivity (Wildman–Crippen MR) is 79.3 cm³/mol. The first-order valence-corrected chi connectivity index (χ1v) is 7.23. The maximum absolute atomic E-state index is 5.77. The molecule has 2 rings (SSSR count). The molecule has 2 heterocycles. The lowest BCUT2D eigenvalue weighted by atomic mass is 9.99. The number of nitrogens with one attached hydrogen (secondary N) is 1. The molecule has 0 aromatic carbocycles. The first kappa shape index (κ1) is 14.3. The van der Waals surface area contributed by atoms with Crippen molar-refractivity contribution in [3.63, 3.8) is 0 Å². The van der Waals surface area contributed by atoms with Crippen molar-refractivity contribution in [1.29, 1.82) is 0 Å². The van der Waals surface area contributed by atoms with Crippen molar-refractivity contribution in [1.82, 2.24) is 15.1 Å². The molecular formula is C14H20BrN3O. The summed E-state index contributed by atoms with van der Waals surface area (Å²) in [6.07, 6.45) is 1.83. The van der Waals surface area contributed by atoms with E-state index in [4.69, 9.17) is 4.42 Å². The molecule has 1 N–H and O–H groups in total. The fourth-order valence-corrected chi connectivity index (χ4v) is 3.10. The van der Waals surface area contributed by atoms with Gasteiger partial charge in [-0.1, -0.05) is 6.92 Å². The lowest BCUT2D eigenvalue weighted by Gasteiger charge is -2.19. The topological polar surface area (TPSA) is 43.0 Å². The molecule has 0 radical (unpaired) electrons. The number of halogens is 1. The number of hydrogen-bond acceptors (Lipinski definition) is 3. The van der Waals surface area contributed by atoms with Crippen LogP contribution in [0, 0.1) is 20.8 Å². The van der Waals surface area contributed by atoms with E-state index in [1.807, 2.05) is 31.8 Å². The highest BCUT2D eigenvalue weighted by Crippen LogP contribution is 2.34. The van der Waals surface area contributed by atoms with Gasteiger partial charge >= 0.3 is 0 Å². The van der Waals surface area contributed by atoms with Crippen LogP contribution in [0.1, 0.15) is 41.3 Å². The lowest BCUT2D eigenvalue weighted by Crippen LogP contribution is -2.25. The summed E-state index contributed by atoms with van der Waals surface area (Å²) < 4.78 is 8.68. The van der Waals surface area contributed by atoms with Crippen molar-refractivity contribution in [2.75, 3.05) is 6.54 Å². The second-order valence-electron chi connectivity index (χ2n) is 4.75. The Morgan fingerprint density at radius 2 is 2.05 bits per heavy atom. The Labute approximate surface area is 122 Å². The van der Waals surface area contributed by atoms with E-state index in [1.54, 1.807) is 0 Å². The number of rotatable bonds is 4. The van der Waals surface area contributed by atoms with Crippen LogP contribution in [0.2, 0.25) is 0 Å². The summed E-state index contributed by atoms with van der Waals surface area (Å²) in [5.74, 6) is 1.95. The monoisotopic (exact) mass is 325 g/mol. The number of furan rings is 1. The molecule has 0 aliphatic carbocycles. The maximum atomic E-state index is 5.77. The Kier molecular flexibility index (Phi) is 4.16. The Bertz CT molecular complexity index is 566. The number of aryl methyl sites for hydroxylation is 3. The normalized spacial score (nSPS) is 12.9. The highest BCUT2D eigenvalue weighted by molar-refractivity contribution is 9.10. The van der Waals surface area contributed by atoms with Gasteiger partial charge in [-0.05, 0) is 48.8 Å². The van der Waals surface area contributed by atoms with Gasteiger partial charge in [-0.25, -0.2) is 0 Å². The molecule has 0 aliphatic heterocycles. The van der Waals surface area contributed by atoms with Gasteiger partial charge in [-0.3, -0.25) is 4.68 Å². The molecule has 2 aromatic heterocycles. The standard InChI is InChI=1S/C14H20BrN3O/c1-6-16-13(14-11(15)7-17-18(14)5)12-8(2)9(3)19-10(12)4/h7,13,16H,6H2,1-5H3. The van der Waals surface area contributed by atoms with Gasteiger partial charge in [-0.2, -0.15) is 5.10 Å². The molecule has 19 heavy (non-hydrogen) atoms. The van der Waals surface area contributed by atoms with Gasteiger partial charge in [0.15, 0.2) is 0 Å². The Morgan fingerprint density at radius 3 is 2.47 bits per heavy atom. The van der Waals surface area contributed by atoms with Crippen LogP contribution in [0.25, 0.3) is 0 Å². The fraction of sp³-hybridized carbons (Fsp3) is 0.500. The number of nitrogens with zero attached hydrogens (tertiary/aromatic N) is 2. The summed E-state index contributed by atoms with van der Waals surface area (Å²) >= 11 is 3.59. The summed E-state index contributed by atoms with van der Waals surface area (Å²) in [4.78, 5) is 0. The highest BCUT2D eigenvalue weighted by atomic mass is 79.9. The van der Waals surface area contributed by atoms with E-state index in [2.05, 4.69) is 40.2 Å². The van der Waals surface area contributed by atoms with Gasteiger partial charge < -0.3 is 9.73 Å². The van der Waals surface area contributed by atoms with Gasteiger partial charge in [-0.15, -0.1) is 0 Å². The molecule has 0 aliphatic rings. The molecular weight excluding hydrogens is 306 g/mol. The van der Waals surface area contributed by atoms with Gasteiger partial charge in [0.25, 0.3) is 0 Å². The Morgan fingerprint density at radius 1 is 1.37 bits per heavy atom. The molecule has 0 amide bonds. The molecule has 2 aromatic rings. The Balaban J connectivity index is 2.58. The largest absolute Gasteiger partial charge is 0.466 e. The molecule has 0 saturated carbocycles. The van der Waals surface area contributed by atoms with E-state index in [0.29, 0.717) is 0 Å². The molecule has 0 bridgehead atoms. The quantitative estimate of drug-likeness (QED) is 0.936. The van der Waals surface area contributed by atoms with Crippen LogP contribution in [0.5, 0.6) is 0 Å². The van der Waals surface area contributed by atoms with Crippen molar-refractivity contribution in [2.24, 2.45) is 7.05 Å². The molecule has 0 spiro atoms. The summed E-state index contributed by atoms with van der Waals surface area (Å²) in [7, 11) is 1.96. The second kappa shape index (κ2) is 5.51. The average Bonchev–Trinajstić information content (AvgIpc) is 2.79. The van der Waals surface area contributed by atoms with E-state index in [1.165, 1.54) is 11.1 Å². The third kappa shape index (κ3) is 2.49. The number of hydrogen-bond donors (Lipinski definition) is 1. The predicted octanol–water partition coefficient (Wildman–Crippen LogP) is 3.40. The van der Waals surface area contributed by atoms with Gasteiger partial charge in [0.2, 0.25) is 0 Å².